The van der Waals surface area contributed by atoms with Crippen LogP contribution in [-0.4, -0.2) is 24.0 Å². The van der Waals surface area contributed by atoms with E-state index in [0.717, 1.165) is 37.1 Å². The number of fused-ring (bicyclic) bond motifs is 1. The molecule has 100 valence electrons. The Balaban J connectivity index is 1.82. The second-order valence-electron chi connectivity index (χ2n) is 5.26. The van der Waals surface area contributed by atoms with Gasteiger partial charge in [-0.2, -0.15) is 0 Å². The number of alkyl halides is 1. The maximum absolute atomic E-state index is 5.84. The van der Waals surface area contributed by atoms with Gasteiger partial charge in [0.1, 0.15) is 5.82 Å². The van der Waals surface area contributed by atoms with Crippen LogP contribution in [0.15, 0.2) is 36.5 Å². The lowest BCUT2D eigenvalue weighted by Crippen LogP contribution is -2.34. The van der Waals surface area contributed by atoms with Gasteiger partial charge < -0.3 is 4.90 Å². The highest BCUT2D eigenvalue weighted by Gasteiger charge is 2.20. The van der Waals surface area contributed by atoms with Crippen molar-refractivity contribution in [2.75, 3.05) is 23.9 Å². The predicted molar refractivity (Wildman–Crippen MR) is 82.0 cm³/mol. The van der Waals surface area contributed by atoms with E-state index >= 15 is 0 Å². The lowest BCUT2D eigenvalue weighted by atomic mass is 9.94. The van der Waals surface area contributed by atoms with E-state index in [4.69, 9.17) is 11.6 Å². The minimum atomic E-state index is 0.789. The zero-order valence-corrected chi connectivity index (χ0v) is 11.8. The van der Waals surface area contributed by atoms with Crippen molar-refractivity contribution in [2.45, 2.75) is 19.3 Å². The van der Waals surface area contributed by atoms with Crippen LogP contribution >= 0.6 is 11.6 Å². The van der Waals surface area contributed by atoms with Crippen LogP contribution in [0.1, 0.15) is 19.3 Å². The van der Waals surface area contributed by atoms with Gasteiger partial charge >= 0.3 is 0 Å². The number of nitrogens with zero attached hydrogens (tertiary/aromatic N) is 2. The molecule has 1 fully saturated rings. The van der Waals surface area contributed by atoms with E-state index in [9.17, 15) is 0 Å². The second-order valence-corrected chi connectivity index (χ2v) is 5.64. The van der Waals surface area contributed by atoms with Crippen molar-refractivity contribution < 1.29 is 0 Å². The van der Waals surface area contributed by atoms with E-state index in [-0.39, 0.29) is 0 Å². The van der Waals surface area contributed by atoms with Crippen molar-refractivity contribution >= 4 is 28.2 Å². The van der Waals surface area contributed by atoms with Gasteiger partial charge in [0, 0.05) is 30.6 Å². The summed E-state index contributed by atoms with van der Waals surface area (Å²) >= 11 is 5.84. The zero-order valence-electron chi connectivity index (χ0n) is 11.1. The van der Waals surface area contributed by atoms with E-state index in [1.165, 1.54) is 23.6 Å². The van der Waals surface area contributed by atoms with E-state index in [2.05, 4.69) is 40.2 Å². The minimum absolute atomic E-state index is 0.789. The summed E-state index contributed by atoms with van der Waals surface area (Å²) in [5.41, 5.74) is 0. The van der Waals surface area contributed by atoms with Crippen LogP contribution in [0.4, 0.5) is 5.82 Å². The summed E-state index contributed by atoms with van der Waals surface area (Å²) in [4.78, 5) is 7.03. The van der Waals surface area contributed by atoms with Crippen LogP contribution in [0.5, 0.6) is 0 Å². The summed E-state index contributed by atoms with van der Waals surface area (Å²) in [7, 11) is 0. The first-order chi connectivity index (χ1) is 9.38. The fourth-order valence-corrected chi connectivity index (χ4v) is 3.25. The van der Waals surface area contributed by atoms with Crippen LogP contribution in [0, 0.1) is 5.92 Å². The molecule has 2 nitrogen and oxygen atoms in total. The molecule has 0 spiro atoms. The monoisotopic (exact) mass is 274 g/mol. The Bertz CT molecular complexity index is 542. The number of hydrogen-bond donors (Lipinski definition) is 0. The summed E-state index contributed by atoms with van der Waals surface area (Å²) in [6.07, 6.45) is 5.54. The highest BCUT2D eigenvalue weighted by atomic mass is 35.5. The van der Waals surface area contributed by atoms with Crippen LogP contribution in [0.3, 0.4) is 0 Å². The molecule has 0 bridgehead atoms. The van der Waals surface area contributed by atoms with Gasteiger partial charge in [-0.3, -0.25) is 0 Å². The largest absolute Gasteiger partial charge is 0.356 e. The van der Waals surface area contributed by atoms with Gasteiger partial charge in [-0.05, 0) is 36.6 Å². The molecule has 0 atom stereocenters. The van der Waals surface area contributed by atoms with Crippen molar-refractivity contribution in [1.29, 1.82) is 0 Å². The minimum Gasteiger partial charge on any atom is -0.356 e. The number of piperidine rings is 1. The van der Waals surface area contributed by atoms with Crippen LogP contribution in [-0.2, 0) is 0 Å². The average Bonchev–Trinajstić information content (AvgIpc) is 2.48. The first-order valence-corrected chi connectivity index (χ1v) is 7.56. The Labute approximate surface area is 119 Å². The number of benzene rings is 1. The first-order valence-electron chi connectivity index (χ1n) is 7.03. The van der Waals surface area contributed by atoms with Gasteiger partial charge in [0.15, 0.2) is 0 Å². The predicted octanol–water partition coefficient (Wildman–Crippen LogP) is 4.08. The Kier molecular flexibility index (Phi) is 3.88. The zero-order chi connectivity index (χ0) is 13.1. The van der Waals surface area contributed by atoms with Crippen LogP contribution in [0.25, 0.3) is 10.8 Å². The third kappa shape index (κ3) is 2.69. The molecule has 1 aliphatic heterocycles. The van der Waals surface area contributed by atoms with Gasteiger partial charge in [0.25, 0.3) is 0 Å². The normalized spacial score (nSPS) is 17.0. The van der Waals surface area contributed by atoms with Gasteiger partial charge in [0.2, 0.25) is 0 Å². The van der Waals surface area contributed by atoms with Crippen LogP contribution in [0.2, 0.25) is 0 Å². The topological polar surface area (TPSA) is 16.1 Å². The number of hydrogen-bond acceptors (Lipinski definition) is 2. The molecule has 1 aromatic carbocycles. The molecule has 1 aromatic heterocycles. The third-order valence-electron chi connectivity index (χ3n) is 4.08. The van der Waals surface area contributed by atoms with E-state index in [1.54, 1.807) is 0 Å². The smallest absolute Gasteiger partial charge is 0.136 e. The molecule has 2 heterocycles. The molecule has 2 aromatic rings. The second kappa shape index (κ2) is 5.79. The maximum atomic E-state index is 5.84. The van der Waals surface area contributed by atoms with E-state index < -0.39 is 0 Å². The fourth-order valence-electron chi connectivity index (χ4n) is 2.94. The molecule has 3 heteroatoms. The number of rotatable bonds is 3. The highest BCUT2D eigenvalue weighted by Crippen LogP contribution is 2.29. The number of anilines is 1. The quantitative estimate of drug-likeness (QED) is 0.784. The number of pyridine rings is 1. The summed E-state index contributed by atoms with van der Waals surface area (Å²) in [6, 6.07) is 10.6. The van der Waals surface area contributed by atoms with Gasteiger partial charge in [-0.25, -0.2) is 4.98 Å². The third-order valence-corrected chi connectivity index (χ3v) is 4.30. The van der Waals surface area contributed by atoms with E-state index in [0.29, 0.717) is 0 Å². The van der Waals surface area contributed by atoms with Crippen molar-refractivity contribution in [3.05, 3.63) is 36.5 Å². The molecular formula is C16H19ClN2. The van der Waals surface area contributed by atoms with Gasteiger partial charge in [0.05, 0.1) is 0 Å². The lowest BCUT2D eigenvalue weighted by Gasteiger charge is -2.33. The molecular weight excluding hydrogens is 256 g/mol. The molecule has 3 rings (SSSR count). The molecule has 1 aliphatic rings. The Morgan fingerprint density at radius 1 is 1.16 bits per heavy atom. The van der Waals surface area contributed by atoms with Crippen molar-refractivity contribution in [3.63, 3.8) is 0 Å². The molecule has 0 unspecified atom stereocenters. The summed E-state index contributed by atoms with van der Waals surface area (Å²) < 4.78 is 0. The molecule has 0 aliphatic carbocycles. The molecule has 0 saturated carbocycles. The van der Waals surface area contributed by atoms with Crippen molar-refractivity contribution in [3.8, 4) is 0 Å². The first kappa shape index (κ1) is 12.7. The molecule has 0 N–H and O–H groups in total. The van der Waals surface area contributed by atoms with Crippen molar-refractivity contribution in [2.24, 2.45) is 5.92 Å². The van der Waals surface area contributed by atoms with Gasteiger partial charge in [-0.15, -0.1) is 11.6 Å². The lowest BCUT2D eigenvalue weighted by molar-refractivity contribution is 0.396. The molecule has 1 saturated heterocycles. The standard InChI is InChI=1S/C16H19ClN2/c17-9-5-13-7-11-19(12-8-13)16-15-4-2-1-3-14(15)6-10-18-16/h1-4,6,10,13H,5,7-9,11-12H2. The van der Waals surface area contributed by atoms with E-state index in [1.807, 2.05) is 6.20 Å². The Morgan fingerprint density at radius 2 is 1.95 bits per heavy atom. The number of halogens is 1. The van der Waals surface area contributed by atoms with Crippen LogP contribution < -0.4 is 4.90 Å². The summed E-state index contributed by atoms with van der Waals surface area (Å²) in [6.45, 7) is 2.20. The van der Waals surface area contributed by atoms with Gasteiger partial charge in [-0.1, -0.05) is 24.3 Å². The summed E-state index contributed by atoms with van der Waals surface area (Å²) in [5.74, 6) is 2.73. The number of aromatic nitrogens is 1. The van der Waals surface area contributed by atoms with Crippen molar-refractivity contribution in [1.82, 2.24) is 4.98 Å². The maximum Gasteiger partial charge on any atom is 0.136 e. The SMILES string of the molecule is ClCCC1CCN(c2nccc3ccccc23)CC1. The Morgan fingerprint density at radius 3 is 2.74 bits per heavy atom. The molecule has 0 amide bonds. The average molecular weight is 275 g/mol. The highest BCUT2D eigenvalue weighted by molar-refractivity contribution is 6.17. The fraction of sp³-hybridized carbons (Fsp3) is 0.438. The Hall–Kier alpha value is -1.28. The summed E-state index contributed by atoms with van der Waals surface area (Å²) in [5, 5.41) is 2.54. The molecule has 0 radical (unpaired) electrons. The molecule has 19 heavy (non-hydrogen) atoms.